The predicted octanol–water partition coefficient (Wildman–Crippen LogP) is 4.82. The van der Waals surface area contributed by atoms with Crippen molar-refractivity contribution >= 4 is 56.7 Å². The molecule has 2 heterocycles. The predicted molar refractivity (Wildman–Crippen MR) is 107 cm³/mol. The number of ether oxygens (including phenoxy) is 2. The number of halogens is 1. The zero-order chi connectivity index (χ0) is 19.8. The second-order valence-corrected chi connectivity index (χ2v) is 7.23. The number of hydrogen-bond donors (Lipinski definition) is 0. The van der Waals surface area contributed by atoms with Gasteiger partial charge in [-0.05, 0) is 29.8 Å². The standard InChI is InChI=1S/C19H11ClN2O5S/c1-26-12-4-2-3-10(7-12)8-14-19(23)27-18(21-14)17-16(20)13-6-5-11(22(24)25)9-15(13)28-17/h2-9H,1H3/b14-8+. The fraction of sp³-hybridized carbons (Fsp3) is 0.0526. The third kappa shape index (κ3) is 3.23. The van der Waals surface area contributed by atoms with E-state index in [4.69, 9.17) is 21.1 Å². The molecule has 2 aromatic carbocycles. The number of esters is 1. The molecular formula is C19H11ClN2O5S. The van der Waals surface area contributed by atoms with Gasteiger partial charge in [-0.3, -0.25) is 10.1 Å². The number of cyclic esters (lactones) is 1. The van der Waals surface area contributed by atoms with Crippen molar-refractivity contribution in [2.24, 2.45) is 4.99 Å². The molecule has 0 atom stereocenters. The summed E-state index contributed by atoms with van der Waals surface area (Å²) in [5.74, 6) is 0.129. The number of aliphatic imine (C=N–C) groups is 1. The summed E-state index contributed by atoms with van der Waals surface area (Å²) < 4.78 is 11.1. The van der Waals surface area contributed by atoms with Crippen molar-refractivity contribution in [2.45, 2.75) is 0 Å². The molecule has 0 spiro atoms. The van der Waals surface area contributed by atoms with Crippen LogP contribution >= 0.6 is 22.9 Å². The second-order valence-electron chi connectivity index (χ2n) is 5.80. The highest BCUT2D eigenvalue weighted by molar-refractivity contribution is 7.21. The van der Waals surface area contributed by atoms with E-state index in [0.29, 0.717) is 25.7 Å². The number of nitrogens with zero attached hydrogens (tertiary/aromatic N) is 2. The van der Waals surface area contributed by atoms with E-state index < -0.39 is 10.9 Å². The first kappa shape index (κ1) is 18.1. The average molecular weight is 415 g/mol. The van der Waals surface area contributed by atoms with Gasteiger partial charge in [0.05, 0.1) is 17.1 Å². The molecule has 1 aliphatic heterocycles. The number of nitro benzene ring substituents is 1. The van der Waals surface area contributed by atoms with E-state index >= 15 is 0 Å². The Bertz CT molecular complexity index is 1200. The maximum atomic E-state index is 12.2. The van der Waals surface area contributed by atoms with Crippen LogP contribution in [0.2, 0.25) is 5.02 Å². The minimum absolute atomic E-state index is 0.0408. The lowest BCUT2D eigenvalue weighted by Gasteiger charge is -2.00. The first-order valence-electron chi connectivity index (χ1n) is 7.99. The molecule has 0 radical (unpaired) electrons. The number of fused-ring (bicyclic) bond motifs is 1. The minimum Gasteiger partial charge on any atom is -0.497 e. The Kier molecular flexibility index (Phi) is 4.58. The van der Waals surface area contributed by atoms with E-state index in [-0.39, 0.29) is 17.3 Å². The second kappa shape index (κ2) is 7.06. The van der Waals surface area contributed by atoms with Gasteiger partial charge >= 0.3 is 5.97 Å². The molecule has 1 aromatic heterocycles. The number of rotatable bonds is 4. The van der Waals surface area contributed by atoms with Gasteiger partial charge in [0.2, 0.25) is 5.90 Å². The average Bonchev–Trinajstić information content (AvgIpc) is 3.21. The molecule has 0 N–H and O–H groups in total. The van der Waals surface area contributed by atoms with Crippen LogP contribution < -0.4 is 4.74 Å². The van der Waals surface area contributed by atoms with E-state index in [9.17, 15) is 14.9 Å². The maximum Gasteiger partial charge on any atom is 0.363 e. The lowest BCUT2D eigenvalue weighted by atomic mass is 10.2. The number of methoxy groups -OCH3 is 1. The number of hydrogen-bond acceptors (Lipinski definition) is 7. The summed E-state index contributed by atoms with van der Waals surface area (Å²) in [7, 11) is 1.56. The van der Waals surface area contributed by atoms with Gasteiger partial charge in [-0.25, -0.2) is 9.79 Å². The van der Waals surface area contributed by atoms with E-state index in [0.717, 1.165) is 5.56 Å². The Morgan fingerprint density at radius 3 is 2.86 bits per heavy atom. The van der Waals surface area contributed by atoms with Crippen LogP contribution in [-0.2, 0) is 9.53 Å². The maximum absolute atomic E-state index is 12.2. The highest BCUT2D eigenvalue weighted by atomic mass is 35.5. The molecule has 0 unspecified atom stereocenters. The van der Waals surface area contributed by atoms with Crippen molar-refractivity contribution in [3.63, 3.8) is 0 Å². The van der Waals surface area contributed by atoms with Crippen LogP contribution in [0.1, 0.15) is 10.4 Å². The fourth-order valence-electron chi connectivity index (χ4n) is 2.70. The van der Waals surface area contributed by atoms with Crippen LogP contribution in [0.25, 0.3) is 16.2 Å². The van der Waals surface area contributed by atoms with E-state index in [1.807, 2.05) is 6.07 Å². The van der Waals surface area contributed by atoms with Crippen molar-refractivity contribution in [1.29, 1.82) is 0 Å². The molecule has 4 rings (SSSR count). The molecule has 28 heavy (non-hydrogen) atoms. The first-order chi connectivity index (χ1) is 13.5. The summed E-state index contributed by atoms with van der Waals surface area (Å²) in [5.41, 5.74) is 0.818. The van der Waals surface area contributed by atoms with Crippen molar-refractivity contribution in [2.75, 3.05) is 7.11 Å². The minimum atomic E-state index is -0.600. The summed E-state index contributed by atoms with van der Waals surface area (Å²) >= 11 is 7.57. The summed E-state index contributed by atoms with van der Waals surface area (Å²) in [6.07, 6.45) is 1.59. The van der Waals surface area contributed by atoms with E-state index in [1.54, 1.807) is 37.5 Å². The zero-order valence-corrected chi connectivity index (χ0v) is 15.9. The number of benzene rings is 2. The molecule has 7 nitrogen and oxygen atoms in total. The van der Waals surface area contributed by atoms with Gasteiger partial charge in [-0.2, -0.15) is 0 Å². The van der Waals surface area contributed by atoms with Crippen LogP contribution in [0.15, 0.2) is 53.2 Å². The Morgan fingerprint density at radius 1 is 1.29 bits per heavy atom. The number of carbonyl (C=O) groups excluding carboxylic acids is 1. The molecule has 9 heteroatoms. The zero-order valence-electron chi connectivity index (χ0n) is 14.3. The lowest BCUT2D eigenvalue weighted by Crippen LogP contribution is -2.04. The summed E-state index contributed by atoms with van der Waals surface area (Å²) in [5, 5.41) is 11.9. The van der Waals surface area contributed by atoms with E-state index in [2.05, 4.69) is 4.99 Å². The number of thiophene rings is 1. The molecule has 0 fully saturated rings. The first-order valence-corrected chi connectivity index (χ1v) is 9.19. The number of non-ortho nitro benzene ring substituents is 1. The number of carbonyl (C=O) groups is 1. The molecule has 1 aliphatic rings. The molecule has 3 aromatic rings. The molecule has 0 amide bonds. The van der Waals surface area contributed by atoms with E-state index in [1.165, 1.54) is 23.5 Å². The third-order valence-electron chi connectivity index (χ3n) is 4.04. The van der Waals surface area contributed by atoms with Gasteiger partial charge in [0.15, 0.2) is 5.70 Å². The topological polar surface area (TPSA) is 91.0 Å². The van der Waals surface area contributed by atoms with Gasteiger partial charge in [-0.1, -0.05) is 23.7 Å². The van der Waals surface area contributed by atoms with Gasteiger partial charge in [0, 0.05) is 22.2 Å². The Hall–Kier alpha value is -3.23. The largest absolute Gasteiger partial charge is 0.497 e. The molecule has 0 saturated heterocycles. The quantitative estimate of drug-likeness (QED) is 0.264. The molecule has 0 aliphatic carbocycles. The fourth-order valence-corrected chi connectivity index (χ4v) is 4.17. The molecule has 0 saturated carbocycles. The normalized spacial score (nSPS) is 15.0. The van der Waals surface area contributed by atoms with Crippen LogP contribution in [-0.4, -0.2) is 23.9 Å². The molecular weight excluding hydrogens is 404 g/mol. The summed E-state index contributed by atoms with van der Waals surface area (Å²) in [6, 6.07) is 11.5. The van der Waals surface area contributed by atoms with Gasteiger partial charge in [-0.15, -0.1) is 11.3 Å². The number of nitro groups is 1. The van der Waals surface area contributed by atoms with Crippen LogP contribution in [0.3, 0.4) is 0 Å². The van der Waals surface area contributed by atoms with Crippen molar-refractivity contribution in [3.8, 4) is 5.75 Å². The monoisotopic (exact) mass is 414 g/mol. The summed E-state index contributed by atoms with van der Waals surface area (Å²) in [4.78, 5) is 27.4. The molecule has 0 bridgehead atoms. The van der Waals surface area contributed by atoms with Crippen LogP contribution in [0.4, 0.5) is 5.69 Å². The Balaban J connectivity index is 1.74. The molecule has 140 valence electrons. The van der Waals surface area contributed by atoms with Gasteiger partial charge in [0.1, 0.15) is 10.6 Å². The highest BCUT2D eigenvalue weighted by Crippen LogP contribution is 2.39. The van der Waals surface area contributed by atoms with Crippen molar-refractivity contribution < 1.29 is 19.2 Å². The Morgan fingerprint density at radius 2 is 2.11 bits per heavy atom. The van der Waals surface area contributed by atoms with Crippen LogP contribution in [0.5, 0.6) is 5.75 Å². The van der Waals surface area contributed by atoms with Crippen molar-refractivity contribution in [3.05, 3.63) is 73.7 Å². The summed E-state index contributed by atoms with van der Waals surface area (Å²) in [6.45, 7) is 0. The van der Waals surface area contributed by atoms with Gasteiger partial charge < -0.3 is 9.47 Å². The Labute approximate surface area is 167 Å². The highest BCUT2D eigenvalue weighted by Gasteiger charge is 2.28. The van der Waals surface area contributed by atoms with Crippen molar-refractivity contribution in [1.82, 2.24) is 0 Å². The van der Waals surface area contributed by atoms with Gasteiger partial charge in [0.25, 0.3) is 5.69 Å². The third-order valence-corrected chi connectivity index (χ3v) is 5.68. The lowest BCUT2D eigenvalue weighted by molar-refractivity contribution is -0.384. The smallest absolute Gasteiger partial charge is 0.363 e. The SMILES string of the molecule is COc1cccc(/C=C2/N=C(c3sc4cc([N+](=O)[O-])ccc4c3Cl)OC2=O)c1. The van der Waals surface area contributed by atoms with Crippen LogP contribution in [0, 0.1) is 10.1 Å².